The molecule has 2 heterocycles. The van der Waals surface area contributed by atoms with Crippen molar-refractivity contribution in [2.24, 2.45) is 11.8 Å². The van der Waals surface area contributed by atoms with Gasteiger partial charge in [0.2, 0.25) is 5.78 Å². The molecule has 2 saturated heterocycles. The maximum atomic E-state index is 14.2. The van der Waals surface area contributed by atoms with Crippen LogP contribution < -0.4 is 0 Å². The van der Waals surface area contributed by atoms with Crippen LogP contribution in [0.25, 0.3) is 0 Å². The van der Waals surface area contributed by atoms with E-state index in [0.29, 0.717) is 25.9 Å². The Morgan fingerprint density at radius 2 is 2.10 bits per heavy atom. The number of halogens is 2. The predicted octanol–water partition coefficient (Wildman–Crippen LogP) is 4.58. The second-order valence-electron chi connectivity index (χ2n) is 8.42. The number of alkyl halides is 2. The molecule has 0 radical (unpaired) electrons. The Bertz CT molecular complexity index is 600. The molecule has 7 heteroatoms. The first-order valence-electron chi connectivity index (χ1n) is 11.0. The van der Waals surface area contributed by atoms with Crippen molar-refractivity contribution >= 4 is 11.8 Å². The fraction of sp³-hybridized carbons (Fsp3) is 0.818. The van der Waals surface area contributed by atoms with Crippen LogP contribution in [0, 0.1) is 11.8 Å². The molecule has 1 unspecified atom stereocenters. The number of hydrogen-bond donors (Lipinski definition) is 0. The summed E-state index contributed by atoms with van der Waals surface area (Å²) < 4.78 is 45.5. The summed E-state index contributed by atoms with van der Waals surface area (Å²) in [5.74, 6) is -5.25. The minimum atomic E-state index is -3.35. The van der Waals surface area contributed by atoms with Gasteiger partial charge in [-0.05, 0) is 31.8 Å². The Hall–Kier alpha value is -1.34. The van der Waals surface area contributed by atoms with Crippen molar-refractivity contribution in [2.75, 3.05) is 6.61 Å². The second-order valence-corrected chi connectivity index (χ2v) is 8.42. The number of carbonyl (C=O) groups is 2. The van der Waals surface area contributed by atoms with Crippen molar-refractivity contribution in [2.45, 2.75) is 95.6 Å². The van der Waals surface area contributed by atoms with E-state index in [0.717, 1.165) is 38.2 Å². The summed E-state index contributed by atoms with van der Waals surface area (Å²) in [5.41, 5.74) is 0. The lowest BCUT2D eigenvalue weighted by molar-refractivity contribution is -0.194. The molecule has 0 amide bonds. The van der Waals surface area contributed by atoms with Crippen LogP contribution in [0.4, 0.5) is 8.78 Å². The highest BCUT2D eigenvalue weighted by molar-refractivity contribution is 5.95. The van der Waals surface area contributed by atoms with Crippen LogP contribution in [-0.4, -0.2) is 42.8 Å². The fourth-order valence-corrected chi connectivity index (χ4v) is 4.54. The highest BCUT2D eigenvalue weighted by atomic mass is 19.3. The summed E-state index contributed by atoms with van der Waals surface area (Å²) in [5, 5.41) is 0. The average molecular weight is 414 g/mol. The van der Waals surface area contributed by atoms with Crippen molar-refractivity contribution in [3.8, 4) is 0 Å². The van der Waals surface area contributed by atoms with Gasteiger partial charge in [0, 0.05) is 31.3 Å². The number of carbonyl (C=O) groups excluding carboxylic acids is 2. The van der Waals surface area contributed by atoms with Gasteiger partial charge in [0.25, 0.3) is 0 Å². The van der Waals surface area contributed by atoms with E-state index < -0.39 is 18.1 Å². The van der Waals surface area contributed by atoms with E-state index in [2.05, 4.69) is 0 Å². The molecule has 5 atom stereocenters. The van der Waals surface area contributed by atoms with Gasteiger partial charge in [-0.15, -0.1) is 0 Å². The first-order chi connectivity index (χ1) is 13.9. The molecule has 0 aromatic heterocycles. The van der Waals surface area contributed by atoms with Gasteiger partial charge in [-0.25, -0.2) is 0 Å². The maximum absolute atomic E-state index is 14.2. The summed E-state index contributed by atoms with van der Waals surface area (Å²) in [7, 11) is 0. The SMILES string of the molecule is CCCCCCC(F)(F)C(=O)/C=C/[C@@H]1[C@H]2CC(=O)O[C@H]2C[C@H]1OC1CCCCO1. The van der Waals surface area contributed by atoms with Crippen molar-refractivity contribution in [3.63, 3.8) is 0 Å². The Morgan fingerprint density at radius 1 is 1.28 bits per heavy atom. The predicted molar refractivity (Wildman–Crippen MR) is 102 cm³/mol. The average Bonchev–Trinajstić information content (AvgIpc) is 3.19. The van der Waals surface area contributed by atoms with E-state index in [1.54, 1.807) is 0 Å². The third-order valence-electron chi connectivity index (χ3n) is 6.19. The molecule has 29 heavy (non-hydrogen) atoms. The zero-order chi connectivity index (χ0) is 20.9. The lowest BCUT2D eigenvalue weighted by Gasteiger charge is -2.28. The highest BCUT2D eigenvalue weighted by Gasteiger charge is 2.50. The fourth-order valence-electron chi connectivity index (χ4n) is 4.54. The Morgan fingerprint density at radius 3 is 2.83 bits per heavy atom. The van der Waals surface area contributed by atoms with Crippen molar-refractivity contribution < 1.29 is 32.6 Å². The lowest BCUT2D eigenvalue weighted by atomic mass is 9.91. The molecule has 3 rings (SSSR count). The number of fused-ring (bicyclic) bond motifs is 1. The minimum absolute atomic E-state index is 0.140. The highest BCUT2D eigenvalue weighted by Crippen LogP contribution is 2.44. The molecule has 5 nitrogen and oxygen atoms in total. The molecule has 3 fully saturated rings. The van der Waals surface area contributed by atoms with Gasteiger partial charge in [-0.1, -0.05) is 32.3 Å². The molecule has 164 valence electrons. The van der Waals surface area contributed by atoms with Crippen LogP contribution in [0.5, 0.6) is 0 Å². The van der Waals surface area contributed by atoms with Crippen molar-refractivity contribution in [3.05, 3.63) is 12.2 Å². The third-order valence-corrected chi connectivity index (χ3v) is 6.19. The summed E-state index contributed by atoms with van der Waals surface area (Å²) in [6.45, 7) is 2.65. The Kier molecular flexibility index (Phi) is 7.79. The van der Waals surface area contributed by atoms with Crippen LogP contribution in [0.2, 0.25) is 0 Å². The van der Waals surface area contributed by atoms with Gasteiger partial charge in [0.05, 0.1) is 12.5 Å². The first kappa shape index (κ1) is 22.3. The van der Waals surface area contributed by atoms with Gasteiger partial charge < -0.3 is 14.2 Å². The summed E-state index contributed by atoms with van der Waals surface area (Å²) in [4.78, 5) is 23.8. The Labute approximate surface area is 171 Å². The number of rotatable bonds is 10. The van der Waals surface area contributed by atoms with Crippen molar-refractivity contribution in [1.29, 1.82) is 0 Å². The van der Waals surface area contributed by atoms with Gasteiger partial charge in [0.1, 0.15) is 6.10 Å². The third kappa shape index (κ3) is 5.85. The first-order valence-corrected chi connectivity index (χ1v) is 11.0. The van der Waals surface area contributed by atoms with Crippen LogP contribution in [0.3, 0.4) is 0 Å². The van der Waals surface area contributed by atoms with Crippen LogP contribution in [-0.2, 0) is 23.8 Å². The largest absolute Gasteiger partial charge is 0.462 e. The number of esters is 1. The second kappa shape index (κ2) is 10.1. The van der Waals surface area contributed by atoms with E-state index >= 15 is 0 Å². The molecular formula is C22H32F2O5. The Balaban J connectivity index is 1.62. The van der Waals surface area contributed by atoms with Crippen LogP contribution in [0.15, 0.2) is 12.2 Å². The zero-order valence-corrected chi connectivity index (χ0v) is 17.1. The number of ketones is 1. The zero-order valence-electron chi connectivity index (χ0n) is 17.1. The molecule has 1 aliphatic carbocycles. The maximum Gasteiger partial charge on any atom is 0.309 e. The van der Waals surface area contributed by atoms with E-state index in [-0.39, 0.29) is 42.7 Å². The molecule has 3 aliphatic rings. The van der Waals surface area contributed by atoms with E-state index in [1.165, 1.54) is 6.08 Å². The van der Waals surface area contributed by atoms with E-state index in [4.69, 9.17) is 14.2 Å². The quantitative estimate of drug-likeness (QED) is 0.297. The molecule has 2 aliphatic heterocycles. The minimum Gasteiger partial charge on any atom is -0.462 e. The molecule has 0 bridgehead atoms. The summed E-state index contributed by atoms with van der Waals surface area (Å²) >= 11 is 0. The smallest absolute Gasteiger partial charge is 0.309 e. The van der Waals surface area contributed by atoms with Crippen molar-refractivity contribution in [1.82, 2.24) is 0 Å². The molecule has 0 aromatic rings. The standard InChI is InChI=1S/C22H32F2O5/c1-2-3-4-6-11-22(23,24)19(25)10-9-15-16-13-20(26)28-18(16)14-17(15)29-21-8-5-7-12-27-21/h9-10,15-18,21H,2-8,11-14H2,1H3/b10-9+/t15-,16-,17-,18+,21?/m1/s1. The normalized spacial score (nSPS) is 32.5. The monoisotopic (exact) mass is 414 g/mol. The number of allylic oxidation sites excluding steroid dienone is 1. The topological polar surface area (TPSA) is 61.8 Å². The lowest BCUT2D eigenvalue weighted by Crippen LogP contribution is -2.31. The number of ether oxygens (including phenoxy) is 3. The van der Waals surface area contributed by atoms with Gasteiger partial charge >= 0.3 is 11.9 Å². The summed E-state index contributed by atoms with van der Waals surface area (Å²) in [6.07, 6.45) is 7.60. The number of hydrogen-bond acceptors (Lipinski definition) is 5. The van der Waals surface area contributed by atoms with Gasteiger partial charge in [-0.2, -0.15) is 8.78 Å². The molecular weight excluding hydrogens is 382 g/mol. The summed E-state index contributed by atoms with van der Waals surface area (Å²) in [6, 6.07) is 0. The molecule has 0 spiro atoms. The van der Waals surface area contributed by atoms with Gasteiger partial charge in [-0.3, -0.25) is 9.59 Å². The van der Waals surface area contributed by atoms with E-state index in [1.807, 2.05) is 6.92 Å². The molecule has 1 saturated carbocycles. The van der Waals surface area contributed by atoms with Crippen LogP contribution in [0.1, 0.15) is 71.1 Å². The molecule has 0 aromatic carbocycles. The van der Waals surface area contributed by atoms with E-state index in [9.17, 15) is 18.4 Å². The number of unbranched alkanes of at least 4 members (excludes halogenated alkanes) is 3. The van der Waals surface area contributed by atoms with Gasteiger partial charge in [0.15, 0.2) is 6.29 Å². The molecule has 0 N–H and O–H groups in total. The van der Waals surface area contributed by atoms with Crippen LogP contribution >= 0.6 is 0 Å².